The van der Waals surface area contributed by atoms with Crippen molar-refractivity contribution in [2.75, 3.05) is 0 Å². The fourth-order valence-corrected chi connectivity index (χ4v) is 4.80. The van der Waals surface area contributed by atoms with Crippen LogP contribution in [0.1, 0.15) is 46.3 Å². The summed E-state index contributed by atoms with van der Waals surface area (Å²) < 4.78 is 1.19. The third-order valence-corrected chi connectivity index (χ3v) is 6.12. The van der Waals surface area contributed by atoms with E-state index in [9.17, 15) is 0 Å². The fourth-order valence-electron chi connectivity index (χ4n) is 2.15. The highest BCUT2D eigenvalue weighted by Gasteiger charge is 2.29. The smallest absolute Gasteiger partial charge is 0.115 e. The van der Waals surface area contributed by atoms with E-state index < -0.39 is 0 Å². The Morgan fingerprint density at radius 3 is 2.74 bits per heavy atom. The number of aryl methyl sites for hydroxylation is 2. The van der Waals surface area contributed by atoms with Crippen LogP contribution in [0.2, 0.25) is 0 Å². The Kier molecular flexibility index (Phi) is 4.08. The van der Waals surface area contributed by atoms with Crippen molar-refractivity contribution in [2.24, 2.45) is 0 Å². The Hall–Kier alpha value is -0.230. The SMILES string of the molecule is CCc1nc(C(NC2CC2)c2ccc(Br)s2)sc1C. The zero-order valence-electron chi connectivity index (χ0n) is 11.1. The first-order chi connectivity index (χ1) is 9.17. The number of thiazole rings is 1. The summed E-state index contributed by atoms with van der Waals surface area (Å²) in [5, 5.41) is 4.96. The maximum atomic E-state index is 4.84. The molecule has 0 saturated heterocycles. The number of nitrogens with one attached hydrogen (secondary N) is 1. The van der Waals surface area contributed by atoms with Crippen molar-refractivity contribution in [3.63, 3.8) is 0 Å². The number of aromatic nitrogens is 1. The number of hydrogen-bond acceptors (Lipinski definition) is 4. The molecule has 2 aromatic rings. The molecule has 3 rings (SSSR count). The third kappa shape index (κ3) is 3.10. The minimum atomic E-state index is 0.271. The summed E-state index contributed by atoms with van der Waals surface area (Å²) in [6, 6.07) is 5.29. The van der Waals surface area contributed by atoms with Crippen molar-refractivity contribution in [3.8, 4) is 0 Å². The number of thiophene rings is 1. The van der Waals surface area contributed by atoms with Gasteiger partial charge < -0.3 is 5.32 Å². The number of hydrogen-bond donors (Lipinski definition) is 1. The van der Waals surface area contributed by atoms with E-state index in [1.54, 1.807) is 11.3 Å². The van der Waals surface area contributed by atoms with Gasteiger partial charge in [0.15, 0.2) is 0 Å². The maximum Gasteiger partial charge on any atom is 0.115 e. The van der Waals surface area contributed by atoms with E-state index in [2.05, 4.69) is 47.2 Å². The average molecular weight is 357 g/mol. The topological polar surface area (TPSA) is 24.9 Å². The van der Waals surface area contributed by atoms with Crippen LogP contribution in [0.15, 0.2) is 15.9 Å². The molecule has 0 radical (unpaired) electrons. The molecule has 1 atom stereocenters. The summed E-state index contributed by atoms with van der Waals surface area (Å²) in [5.74, 6) is 0. The largest absolute Gasteiger partial charge is 0.301 e. The second kappa shape index (κ2) is 5.64. The maximum absolute atomic E-state index is 4.84. The van der Waals surface area contributed by atoms with Gasteiger partial charge in [-0.05, 0) is 54.2 Å². The van der Waals surface area contributed by atoms with Gasteiger partial charge in [-0.25, -0.2) is 4.98 Å². The highest BCUT2D eigenvalue weighted by Crippen LogP contribution is 2.36. The van der Waals surface area contributed by atoms with Crippen LogP contribution in [0.3, 0.4) is 0 Å². The molecule has 102 valence electrons. The first-order valence-corrected chi connectivity index (χ1v) is 9.07. The predicted molar refractivity (Wildman–Crippen MR) is 86.2 cm³/mol. The lowest BCUT2D eigenvalue weighted by Gasteiger charge is -2.14. The molecule has 2 aromatic heterocycles. The summed E-state index contributed by atoms with van der Waals surface area (Å²) in [6.07, 6.45) is 3.62. The van der Waals surface area contributed by atoms with Gasteiger partial charge in [0.25, 0.3) is 0 Å². The molecule has 1 aliphatic carbocycles. The van der Waals surface area contributed by atoms with Crippen LogP contribution in [0.5, 0.6) is 0 Å². The zero-order valence-corrected chi connectivity index (χ0v) is 14.3. The number of nitrogens with zero attached hydrogens (tertiary/aromatic N) is 1. The van der Waals surface area contributed by atoms with Gasteiger partial charge in [0.1, 0.15) is 5.01 Å². The van der Waals surface area contributed by atoms with E-state index in [1.807, 2.05) is 11.3 Å². The number of halogens is 1. The molecule has 0 amide bonds. The minimum absolute atomic E-state index is 0.271. The summed E-state index contributed by atoms with van der Waals surface area (Å²) in [4.78, 5) is 7.56. The molecule has 1 saturated carbocycles. The molecule has 2 heterocycles. The lowest BCUT2D eigenvalue weighted by molar-refractivity contribution is 0.604. The minimum Gasteiger partial charge on any atom is -0.301 e. The normalized spacial score (nSPS) is 16.8. The molecule has 0 spiro atoms. The van der Waals surface area contributed by atoms with Crippen LogP contribution in [-0.2, 0) is 6.42 Å². The second-order valence-electron chi connectivity index (χ2n) is 4.92. The van der Waals surface area contributed by atoms with Crippen molar-refractivity contribution in [2.45, 2.75) is 45.2 Å². The lowest BCUT2D eigenvalue weighted by atomic mass is 10.2. The highest BCUT2D eigenvalue weighted by molar-refractivity contribution is 9.11. The van der Waals surface area contributed by atoms with Crippen molar-refractivity contribution in [1.29, 1.82) is 0 Å². The van der Waals surface area contributed by atoms with Crippen LogP contribution < -0.4 is 5.32 Å². The molecule has 0 aromatic carbocycles. The molecule has 1 N–H and O–H groups in total. The molecule has 1 unspecified atom stereocenters. The van der Waals surface area contributed by atoms with E-state index >= 15 is 0 Å². The Bertz CT molecular complexity index is 572. The Morgan fingerprint density at radius 2 is 2.21 bits per heavy atom. The van der Waals surface area contributed by atoms with E-state index in [-0.39, 0.29) is 6.04 Å². The van der Waals surface area contributed by atoms with Crippen LogP contribution in [0.25, 0.3) is 0 Å². The summed E-state index contributed by atoms with van der Waals surface area (Å²) >= 11 is 7.20. The average Bonchev–Trinajstić information content (AvgIpc) is 2.99. The molecule has 1 aliphatic rings. The Labute approximate surface area is 130 Å². The lowest BCUT2D eigenvalue weighted by Crippen LogP contribution is -2.23. The first-order valence-electron chi connectivity index (χ1n) is 6.65. The Morgan fingerprint density at radius 1 is 1.42 bits per heavy atom. The number of rotatable bonds is 5. The summed E-state index contributed by atoms with van der Waals surface area (Å²) in [5.41, 5.74) is 1.25. The van der Waals surface area contributed by atoms with E-state index in [1.165, 1.54) is 37.1 Å². The molecule has 19 heavy (non-hydrogen) atoms. The van der Waals surface area contributed by atoms with Crippen LogP contribution in [0, 0.1) is 6.92 Å². The van der Waals surface area contributed by atoms with Crippen molar-refractivity contribution >= 4 is 38.6 Å². The third-order valence-electron chi connectivity index (χ3n) is 3.35. The summed E-state index contributed by atoms with van der Waals surface area (Å²) in [6.45, 7) is 4.36. The summed E-state index contributed by atoms with van der Waals surface area (Å²) in [7, 11) is 0. The van der Waals surface area contributed by atoms with Gasteiger partial charge in [0.2, 0.25) is 0 Å². The van der Waals surface area contributed by atoms with Gasteiger partial charge in [0, 0.05) is 15.8 Å². The van der Waals surface area contributed by atoms with Crippen molar-refractivity contribution in [3.05, 3.63) is 36.4 Å². The molecule has 0 bridgehead atoms. The monoisotopic (exact) mass is 356 g/mol. The van der Waals surface area contributed by atoms with Gasteiger partial charge in [-0.2, -0.15) is 0 Å². The van der Waals surface area contributed by atoms with Crippen LogP contribution >= 0.6 is 38.6 Å². The molecule has 1 fully saturated rings. The van der Waals surface area contributed by atoms with Gasteiger partial charge in [-0.15, -0.1) is 22.7 Å². The van der Waals surface area contributed by atoms with Crippen molar-refractivity contribution in [1.82, 2.24) is 10.3 Å². The first kappa shape index (κ1) is 13.7. The standard InChI is InChI=1S/C14H17BrN2S2/c1-3-10-8(2)18-14(17-10)13(16-9-4-5-9)11-6-7-12(15)19-11/h6-7,9,13,16H,3-5H2,1-2H3. The van der Waals surface area contributed by atoms with Gasteiger partial charge >= 0.3 is 0 Å². The molecular weight excluding hydrogens is 340 g/mol. The molecule has 5 heteroatoms. The van der Waals surface area contributed by atoms with Crippen LogP contribution in [0.4, 0.5) is 0 Å². The molecule has 0 aliphatic heterocycles. The van der Waals surface area contributed by atoms with E-state index in [0.29, 0.717) is 6.04 Å². The van der Waals surface area contributed by atoms with Crippen molar-refractivity contribution < 1.29 is 0 Å². The van der Waals surface area contributed by atoms with Crippen LogP contribution in [-0.4, -0.2) is 11.0 Å². The van der Waals surface area contributed by atoms with E-state index in [0.717, 1.165) is 6.42 Å². The Balaban J connectivity index is 1.92. The molecular formula is C14H17BrN2S2. The zero-order chi connectivity index (χ0) is 13.4. The van der Waals surface area contributed by atoms with Gasteiger partial charge in [-0.3, -0.25) is 0 Å². The predicted octanol–water partition coefficient (Wildman–Crippen LogP) is 4.68. The molecule has 2 nitrogen and oxygen atoms in total. The van der Waals surface area contributed by atoms with E-state index in [4.69, 9.17) is 4.98 Å². The quantitative estimate of drug-likeness (QED) is 0.841. The van der Waals surface area contributed by atoms with Gasteiger partial charge in [0.05, 0.1) is 15.5 Å². The highest BCUT2D eigenvalue weighted by atomic mass is 79.9. The van der Waals surface area contributed by atoms with Gasteiger partial charge in [-0.1, -0.05) is 6.92 Å². The second-order valence-corrected chi connectivity index (χ2v) is 8.65. The fraction of sp³-hybridized carbons (Fsp3) is 0.500.